The van der Waals surface area contributed by atoms with Crippen molar-refractivity contribution in [3.8, 4) is 0 Å². The van der Waals surface area contributed by atoms with Gasteiger partial charge in [0.1, 0.15) is 0 Å². The summed E-state index contributed by atoms with van der Waals surface area (Å²) in [5.41, 5.74) is 0.677. The molecule has 0 spiro atoms. The molecule has 148 valence electrons. The molecule has 0 fully saturated rings. The van der Waals surface area contributed by atoms with Crippen LogP contribution in [0.3, 0.4) is 0 Å². The fraction of sp³-hybridized carbons (Fsp3) is 0.167. The van der Waals surface area contributed by atoms with Crippen LogP contribution >= 0.6 is 46.4 Å². The Hall–Kier alpha value is -1.99. The number of halogens is 4. The second kappa shape index (κ2) is 10.5. The molecule has 0 aliphatic rings. The summed E-state index contributed by atoms with van der Waals surface area (Å²) >= 11 is 23.5. The van der Waals surface area contributed by atoms with Crippen molar-refractivity contribution in [3.05, 3.63) is 56.5 Å². The van der Waals surface area contributed by atoms with Gasteiger partial charge in [0, 0.05) is 16.5 Å². The van der Waals surface area contributed by atoms with Crippen molar-refractivity contribution in [1.29, 1.82) is 0 Å². The zero-order chi connectivity index (χ0) is 20.7. The molecule has 28 heavy (non-hydrogen) atoms. The van der Waals surface area contributed by atoms with Crippen molar-refractivity contribution >= 4 is 75.6 Å². The van der Waals surface area contributed by atoms with Gasteiger partial charge < -0.3 is 15.4 Å². The molecule has 2 aromatic carbocycles. The van der Waals surface area contributed by atoms with Crippen molar-refractivity contribution < 1.29 is 19.1 Å². The van der Waals surface area contributed by atoms with E-state index in [4.69, 9.17) is 51.1 Å². The average molecular weight is 464 g/mol. The third-order valence-electron chi connectivity index (χ3n) is 3.33. The fourth-order valence-corrected chi connectivity index (χ4v) is 2.81. The SMILES string of the molecule is O=C(CCC(=O)OCC(=O)Nc1ccc(Cl)cc1Cl)Nc1cc(Cl)ccc1Cl. The van der Waals surface area contributed by atoms with Crippen molar-refractivity contribution in [2.24, 2.45) is 0 Å². The molecule has 10 heteroatoms. The first kappa shape index (κ1) is 22.3. The summed E-state index contributed by atoms with van der Waals surface area (Å²) in [7, 11) is 0. The Morgan fingerprint density at radius 1 is 0.750 bits per heavy atom. The molecule has 0 saturated heterocycles. The average Bonchev–Trinajstić information content (AvgIpc) is 2.63. The first-order valence-electron chi connectivity index (χ1n) is 7.90. The maximum absolute atomic E-state index is 11.9. The van der Waals surface area contributed by atoms with Gasteiger partial charge in [0.2, 0.25) is 5.91 Å². The molecule has 0 heterocycles. The maximum Gasteiger partial charge on any atom is 0.306 e. The van der Waals surface area contributed by atoms with Gasteiger partial charge in [-0.25, -0.2) is 0 Å². The molecular formula is C18H14Cl4N2O4. The lowest BCUT2D eigenvalue weighted by Gasteiger charge is -2.09. The second-order valence-electron chi connectivity index (χ2n) is 5.51. The van der Waals surface area contributed by atoms with Gasteiger partial charge >= 0.3 is 5.97 Å². The van der Waals surface area contributed by atoms with Crippen LogP contribution in [0.2, 0.25) is 20.1 Å². The van der Waals surface area contributed by atoms with E-state index in [0.29, 0.717) is 26.4 Å². The van der Waals surface area contributed by atoms with Gasteiger partial charge in [-0.3, -0.25) is 14.4 Å². The predicted octanol–water partition coefficient (Wildman–Crippen LogP) is 5.20. The zero-order valence-corrected chi connectivity index (χ0v) is 17.3. The molecule has 2 aromatic rings. The van der Waals surface area contributed by atoms with E-state index >= 15 is 0 Å². The predicted molar refractivity (Wildman–Crippen MR) is 110 cm³/mol. The molecule has 0 radical (unpaired) electrons. The molecule has 0 aliphatic heterocycles. The molecule has 2 amide bonds. The van der Waals surface area contributed by atoms with Crippen LogP contribution in [0.4, 0.5) is 11.4 Å². The van der Waals surface area contributed by atoms with Gasteiger partial charge in [-0.15, -0.1) is 0 Å². The summed E-state index contributed by atoms with van der Waals surface area (Å²) in [6.45, 7) is -0.514. The Kier molecular flexibility index (Phi) is 8.38. The summed E-state index contributed by atoms with van der Waals surface area (Å²) in [6, 6.07) is 9.16. The maximum atomic E-state index is 11.9. The van der Waals surface area contributed by atoms with Crippen LogP contribution in [0, 0.1) is 0 Å². The number of amides is 2. The number of hydrogen-bond acceptors (Lipinski definition) is 4. The Balaban J connectivity index is 1.74. The third kappa shape index (κ3) is 7.20. The minimum Gasteiger partial charge on any atom is -0.456 e. The van der Waals surface area contributed by atoms with Crippen molar-refractivity contribution in [1.82, 2.24) is 0 Å². The molecule has 0 bridgehead atoms. The van der Waals surface area contributed by atoms with Gasteiger partial charge in [-0.05, 0) is 36.4 Å². The smallest absolute Gasteiger partial charge is 0.306 e. The van der Waals surface area contributed by atoms with Crippen LogP contribution in [-0.4, -0.2) is 24.4 Å². The standard InChI is InChI=1S/C18H14Cl4N2O4/c19-10-2-4-14(13(22)7-10)23-17(26)9-28-18(27)6-5-16(25)24-15-8-11(20)1-3-12(15)21/h1-4,7-8H,5-6,9H2,(H,23,26)(H,24,25). The lowest BCUT2D eigenvalue weighted by molar-refractivity contribution is -0.147. The lowest BCUT2D eigenvalue weighted by atomic mass is 10.2. The molecule has 0 atom stereocenters. The van der Waals surface area contributed by atoms with E-state index in [1.807, 2.05) is 0 Å². The van der Waals surface area contributed by atoms with Crippen molar-refractivity contribution in [3.63, 3.8) is 0 Å². The number of anilines is 2. The Morgan fingerprint density at radius 2 is 1.39 bits per heavy atom. The highest BCUT2D eigenvalue weighted by Crippen LogP contribution is 2.26. The number of hydrogen-bond donors (Lipinski definition) is 2. The molecule has 0 aliphatic carbocycles. The van der Waals surface area contributed by atoms with Gasteiger partial charge in [0.05, 0.1) is 27.8 Å². The normalized spacial score (nSPS) is 10.3. The van der Waals surface area contributed by atoms with E-state index in [1.54, 1.807) is 18.2 Å². The van der Waals surface area contributed by atoms with Crippen LogP contribution in [0.1, 0.15) is 12.8 Å². The number of ether oxygens (including phenoxy) is 1. The quantitative estimate of drug-likeness (QED) is 0.552. The van der Waals surface area contributed by atoms with E-state index in [1.165, 1.54) is 18.2 Å². The van der Waals surface area contributed by atoms with Crippen LogP contribution < -0.4 is 10.6 Å². The summed E-state index contributed by atoms with van der Waals surface area (Å²) < 4.78 is 4.84. The number of rotatable bonds is 7. The Labute approximate surface area is 181 Å². The molecule has 0 unspecified atom stereocenters. The largest absolute Gasteiger partial charge is 0.456 e. The number of esters is 1. The van der Waals surface area contributed by atoms with E-state index in [-0.39, 0.29) is 17.9 Å². The summed E-state index contributed by atoms with van der Waals surface area (Å²) in [5, 5.41) is 6.44. The minimum absolute atomic E-state index is 0.147. The monoisotopic (exact) mass is 462 g/mol. The second-order valence-corrected chi connectivity index (χ2v) is 7.19. The number of nitrogens with one attached hydrogen (secondary N) is 2. The van der Waals surface area contributed by atoms with Gasteiger partial charge in [-0.1, -0.05) is 46.4 Å². The van der Waals surface area contributed by atoms with Crippen molar-refractivity contribution in [2.45, 2.75) is 12.8 Å². The first-order valence-corrected chi connectivity index (χ1v) is 9.41. The molecular weight excluding hydrogens is 450 g/mol. The van der Waals surface area contributed by atoms with Crippen LogP contribution in [-0.2, 0) is 19.1 Å². The number of carbonyl (C=O) groups is 3. The lowest BCUT2D eigenvalue weighted by Crippen LogP contribution is -2.22. The zero-order valence-electron chi connectivity index (χ0n) is 14.2. The number of carbonyl (C=O) groups excluding carboxylic acids is 3. The van der Waals surface area contributed by atoms with E-state index < -0.39 is 24.4 Å². The molecule has 0 saturated carbocycles. The Morgan fingerprint density at radius 3 is 2.11 bits per heavy atom. The molecule has 0 aromatic heterocycles. The fourth-order valence-electron chi connectivity index (χ4n) is 2.02. The van der Waals surface area contributed by atoms with Crippen LogP contribution in [0.15, 0.2) is 36.4 Å². The highest BCUT2D eigenvalue weighted by atomic mass is 35.5. The molecule has 2 N–H and O–H groups in total. The third-order valence-corrected chi connectivity index (χ3v) is 4.44. The first-order chi connectivity index (χ1) is 13.2. The Bertz CT molecular complexity index is 905. The van der Waals surface area contributed by atoms with Gasteiger partial charge in [0.25, 0.3) is 5.91 Å². The van der Waals surface area contributed by atoms with Crippen molar-refractivity contribution in [2.75, 3.05) is 17.2 Å². The summed E-state index contributed by atoms with van der Waals surface area (Å²) in [5.74, 6) is -1.73. The highest BCUT2D eigenvalue weighted by Gasteiger charge is 2.13. The minimum atomic E-state index is -0.704. The van der Waals surface area contributed by atoms with Gasteiger partial charge in [-0.2, -0.15) is 0 Å². The summed E-state index contributed by atoms with van der Waals surface area (Å²) in [6.07, 6.45) is -0.356. The van der Waals surface area contributed by atoms with E-state index in [9.17, 15) is 14.4 Å². The van der Waals surface area contributed by atoms with Gasteiger partial charge in [0.15, 0.2) is 6.61 Å². The number of benzene rings is 2. The molecule has 6 nitrogen and oxygen atoms in total. The molecule has 2 rings (SSSR count). The topological polar surface area (TPSA) is 84.5 Å². The summed E-state index contributed by atoms with van der Waals surface area (Å²) in [4.78, 5) is 35.4. The van der Waals surface area contributed by atoms with Crippen LogP contribution in [0.25, 0.3) is 0 Å². The van der Waals surface area contributed by atoms with Crippen LogP contribution in [0.5, 0.6) is 0 Å². The highest BCUT2D eigenvalue weighted by molar-refractivity contribution is 6.37. The van der Waals surface area contributed by atoms with E-state index in [0.717, 1.165) is 0 Å². The van der Waals surface area contributed by atoms with E-state index in [2.05, 4.69) is 10.6 Å².